The molecule has 6 heteroatoms. The van der Waals surface area contributed by atoms with E-state index in [0.29, 0.717) is 16.3 Å². The van der Waals surface area contributed by atoms with Crippen molar-refractivity contribution in [2.75, 3.05) is 5.75 Å². The molecule has 0 aliphatic carbocycles. The average molecular weight is 314 g/mol. The molecule has 2 unspecified atom stereocenters. The lowest BCUT2D eigenvalue weighted by Gasteiger charge is -2.27. The minimum atomic E-state index is -0.951. The van der Waals surface area contributed by atoms with Gasteiger partial charge in [-0.05, 0) is 37.1 Å². The van der Waals surface area contributed by atoms with Crippen LogP contribution in [0.15, 0.2) is 18.2 Å². The van der Waals surface area contributed by atoms with Crippen molar-refractivity contribution in [1.82, 2.24) is 4.90 Å². The number of benzene rings is 1. The van der Waals surface area contributed by atoms with Gasteiger partial charge in [0.1, 0.15) is 6.04 Å². The molecule has 2 atom stereocenters. The summed E-state index contributed by atoms with van der Waals surface area (Å²) in [6, 6.07) is 4.28. The predicted octanol–water partition coefficient (Wildman–Crippen LogP) is 3.03. The summed E-state index contributed by atoms with van der Waals surface area (Å²) in [7, 11) is 0. The van der Waals surface area contributed by atoms with Crippen LogP contribution >= 0.6 is 23.4 Å². The van der Waals surface area contributed by atoms with Crippen LogP contribution in [0.3, 0.4) is 0 Å². The zero-order valence-corrected chi connectivity index (χ0v) is 12.9. The fraction of sp³-hybridized carbons (Fsp3) is 0.429. The SMILES string of the molecule is CCC1SCC(C(=O)O)N1C(=O)c1ccc(Cl)cc1C. The van der Waals surface area contributed by atoms with Gasteiger partial charge in [0.25, 0.3) is 5.91 Å². The largest absolute Gasteiger partial charge is 0.480 e. The molecule has 1 aliphatic heterocycles. The molecule has 20 heavy (non-hydrogen) atoms. The summed E-state index contributed by atoms with van der Waals surface area (Å²) in [5, 5.41) is 9.76. The lowest BCUT2D eigenvalue weighted by Crippen LogP contribution is -2.45. The summed E-state index contributed by atoms with van der Waals surface area (Å²) in [6.45, 7) is 3.76. The molecule has 0 aromatic heterocycles. The maximum absolute atomic E-state index is 12.7. The van der Waals surface area contributed by atoms with Gasteiger partial charge in [-0.3, -0.25) is 4.79 Å². The smallest absolute Gasteiger partial charge is 0.327 e. The summed E-state index contributed by atoms with van der Waals surface area (Å²) in [5.74, 6) is -0.747. The highest BCUT2D eigenvalue weighted by Gasteiger charge is 2.41. The van der Waals surface area contributed by atoms with Crippen LogP contribution < -0.4 is 0 Å². The predicted molar refractivity (Wildman–Crippen MR) is 80.3 cm³/mol. The molecule has 0 radical (unpaired) electrons. The monoisotopic (exact) mass is 313 g/mol. The third-order valence-electron chi connectivity index (χ3n) is 3.38. The van der Waals surface area contributed by atoms with Crippen molar-refractivity contribution in [1.29, 1.82) is 0 Å². The van der Waals surface area contributed by atoms with Crippen molar-refractivity contribution >= 4 is 35.2 Å². The summed E-state index contributed by atoms with van der Waals surface area (Å²) >= 11 is 7.41. The molecule has 0 bridgehead atoms. The van der Waals surface area contributed by atoms with Crippen molar-refractivity contribution in [3.8, 4) is 0 Å². The maximum atomic E-state index is 12.7. The second kappa shape index (κ2) is 6.06. The number of carbonyl (C=O) groups is 2. The van der Waals surface area contributed by atoms with Crippen LogP contribution in [-0.2, 0) is 4.79 Å². The summed E-state index contributed by atoms with van der Waals surface area (Å²) in [6.07, 6.45) is 0.729. The first-order chi connectivity index (χ1) is 9.45. The Morgan fingerprint density at radius 2 is 2.20 bits per heavy atom. The molecule has 1 heterocycles. The molecule has 1 fully saturated rings. The first-order valence-corrected chi connectivity index (χ1v) is 7.81. The molecule has 0 spiro atoms. The van der Waals surface area contributed by atoms with Crippen LogP contribution in [0, 0.1) is 6.92 Å². The van der Waals surface area contributed by atoms with Crippen LogP contribution in [0.1, 0.15) is 29.3 Å². The Balaban J connectivity index is 2.36. The Morgan fingerprint density at radius 3 is 2.75 bits per heavy atom. The lowest BCUT2D eigenvalue weighted by atomic mass is 10.1. The molecule has 1 aromatic carbocycles. The van der Waals surface area contributed by atoms with E-state index >= 15 is 0 Å². The molecule has 4 nitrogen and oxygen atoms in total. The molecule has 2 rings (SSSR count). The van der Waals surface area contributed by atoms with Crippen molar-refractivity contribution in [3.63, 3.8) is 0 Å². The highest BCUT2D eigenvalue weighted by atomic mass is 35.5. The number of carboxylic acid groups (broad SMARTS) is 1. The molecule has 1 aliphatic rings. The number of aliphatic carboxylic acids is 1. The van der Waals surface area contributed by atoms with Crippen LogP contribution in [0.25, 0.3) is 0 Å². The van der Waals surface area contributed by atoms with E-state index in [1.807, 2.05) is 6.92 Å². The van der Waals surface area contributed by atoms with Crippen LogP contribution in [-0.4, -0.2) is 39.1 Å². The van der Waals surface area contributed by atoms with Gasteiger partial charge in [-0.15, -0.1) is 11.8 Å². The van der Waals surface area contributed by atoms with Gasteiger partial charge in [0.05, 0.1) is 5.37 Å². The van der Waals surface area contributed by atoms with E-state index < -0.39 is 12.0 Å². The number of hydrogen-bond donors (Lipinski definition) is 1. The number of nitrogens with zero attached hydrogens (tertiary/aromatic N) is 1. The number of hydrogen-bond acceptors (Lipinski definition) is 3. The fourth-order valence-corrected chi connectivity index (χ4v) is 3.92. The van der Waals surface area contributed by atoms with Crippen molar-refractivity contribution < 1.29 is 14.7 Å². The van der Waals surface area contributed by atoms with Gasteiger partial charge < -0.3 is 10.0 Å². The standard InChI is InChI=1S/C14H16ClNO3S/c1-3-12-16(11(7-20-12)14(18)19)13(17)10-5-4-9(15)6-8(10)2/h4-6,11-12H,3,7H2,1-2H3,(H,18,19). The Bertz CT molecular complexity index is 549. The average Bonchev–Trinajstić information content (AvgIpc) is 2.81. The van der Waals surface area contributed by atoms with E-state index in [9.17, 15) is 14.7 Å². The maximum Gasteiger partial charge on any atom is 0.327 e. The van der Waals surface area contributed by atoms with Crippen LogP contribution in [0.4, 0.5) is 0 Å². The van der Waals surface area contributed by atoms with Crippen molar-refractivity contribution in [3.05, 3.63) is 34.3 Å². The van der Waals surface area contributed by atoms with Crippen LogP contribution in [0.5, 0.6) is 0 Å². The van der Waals surface area contributed by atoms with E-state index in [0.717, 1.165) is 12.0 Å². The summed E-state index contributed by atoms with van der Waals surface area (Å²) in [4.78, 5) is 25.5. The quantitative estimate of drug-likeness (QED) is 0.932. The van der Waals surface area contributed by atoms with E-state index in [-0.39, 0.29) is 11.3 Å². The second-order valence-corrected chi connectivity index (χ2v) is 6.37. The van der Waals surface area contributed by atoms with Crippen molar-refractivity contribution in [2.24, 2.45) is 0 Å². The minimum Gasteiger partial charge on any atom is -0.480 e. The molecule has 0 saturated carbocycles. The minimum absolute atomic E-state index is 0.0846. The van der Waals surface area contributed by atoms with Gasteiger partial charge in [-0.1, -0.05) is 18.5 Å². The van der Waals surface area contributed by atoms with Gasteiger partial charge in [0, 0.05) is 16.3 Å². The van der Waals surface area contributed by atoms with Gasteiger partial charge in [-0.25, -0.2) is 4.79 Å². The zero-order chi connectivity index (χ0) is 14.9. The molecule has 1 amide bonds. The highest BCUT2D eigenvalue weighted by molar-refractivity contribution is 8.00. The molecule has 108 valence electrons. The molecular weight excluding hydrogens is 298 g/mol. The molecule has 1 N–H and O–H groups in total. The summed E-state index contributed by atoms with van der Waals surface area (Å²) < 4.78 is 0. The number of carbonyl (C=O) groups excluding carboxylic acids is 1. The van der Waals surface area contributed by atoms with E-state index in [1.54, 1.807) is 25.1 Å². The molecule has 1 aromatic rings. The highest BCUT2D eigenvalue weighted by Crippen LogP contribution is 2.33. The van der Waals surface area contributed by atoms with Crippen molar-refractivity contribution in [2.45, 2.75) is 31.7 Å². The molecule has 1 saturated heterocycles. The number of thioether (sulfide) groups is 1. The third-order valence-corrected chi connectivity index (χ3v) is 5.07. The third kappa shape index (κ3) is 2.79. The van der Waals surface area contributed by atoms with E-state index in [4.69, 9.17) is 11.6 Å². The Kier molecular flexibility index (Phi) is 4.60. The molecular formula is C14H16ClNO3S. The second-order valence-electron chi connectivity index (χ2n) is 4.72. The lowest BCUT2D eigenvalue weighted by molar-refractivity contribution is -0.141. The summed E-state index contributed by atoms with van der Waals surface area (Å²) in [5.41, 5.74) is 1.28. The first kappa shape index (κ1) is 15.2. The first-order valence-electron chi connectivity index (χ1n) is 6.39. The van der Waals surface area contributed by atoms with E-state index in [1.165, 1.54) is 16.7 Å². The van der Waals surface area contributed by atoms with Gasteiger partial charge in [0.15, 0.2) is 0 Å². The van der Waals surface area contributed by atoms with Crippen LogP contribution in [0.2, 0.25) is 5.02 Å². The normalized spacial score (nSPS) is 22.1. The van der Waals surface area contributed by atoms with Gasteiger partial charge in [-0.2, -0.15) is 0 Å². The number of rotatable bonds is 3. The van der Waals surface area contributed by atoms with Gasteiger partial charge in [0.2, 0.25) is 0 Å². The number of aryl methyl sites for hydroxylation is 1. The Hall–Kier alpha value is -1.20. The number of amides is 1. The zero-order valence-electron chi connectivity index (χ0n) is 11.3. The van der Waals surface area contributed by atoms with E-state index in [2.05, 4.69) is 0 Å². The number of carboxylic acids is 1. The number of halogens is 1. The van der Waals surface area contributed by atoms with Gasteiger partial charge >= 0.3 is 5.97 Å². The Morgan fingerprint density at radius 1 is 1.50 bits per heavy atom. The fourth-order valence-electron chi connectivity index (χ4n) is 2.35. The Labute approximate surface area is 127 Å². The topological polar surface area (TPSA) is 57.6 Å².